The van der Waals surface area contributed by atoms with Crippen molar-refractivity contribution in [1.82, 2.24) is 29.7 Å². The van der Waals surface area contributed by atoms with Crippen molar-refractivity contribution >= 4 is 5.91 Å². The second kappa shape index (κ2) is 5.58. The van der Waals surface area contributed by atoms with E-state index in [4.69, 9.17) is 4.74 Å². The van der Waals surface area contributed by atoms with Gasteiger partial charge in [0.2, 0.25) is 5.91 Å². The fourth-order valence-corrected chi connectivity index (χ4v) is 2.20. The molecule has 3 rings (SSSR count). The van der Waals surface area contributed by atoms with Gasteiger partial charge in [-0.1, -0.05) is 0 Å². The van der Waals surface area contributed by atoms with Crippen LogP contribution in [-0.4, -0.2) is 54.8 Å². The molecule has 0 N–H and O–H groups in total. The third-order valence-electron chi connectivity index (χ3n) is 3.67. The number of hydrogen-bond donors (Lipinski definition) is 0. The lowest BCUT2D eigenvalue weighted by Crippen LogP contribution is -2.57. The van der Waals surface area contributed by atoms with E-state index in [-0.39, 0.29) is 24.1 Å². The molecule has 9 nitrogen and oxygen atoms in total. The van der Waals surface area contributed by atoms with Gasteiger partial charge < -0.3 is 14.2 Å². The normalized spacial score (nSPS) is 14.7. The summed E-state index contributed by atoms with van der Waals surface area (Å²) in [6.45, 7) is 2.95. The molecule has 0 saturated carbocycles. The van der Waals surface area contributed by atoms with Crippen molar-refractivity contribution in [3.63, 3.8) is 0 Å². The highest BCUT2D eigenvalue weighted by Gasteiger charge is 2.32. The van der Waals surface area contributed by atoms with Crippen LogP contribution in [0.1, 0.15) is 5.69 Å². The SMILES string of the molecule is Cc1cc(OC2CN(C(=O)Cn3cnnn3)C2)cc(=O)n1C. The molecular formula is C13H16N6O3. The van der Waals surface area contributed by atoms with Crippen LogP contribution in [0.4, 0.5) is 0 Å². The fourth-order valence-electron chi connectivity index (χ4n) is 2.20. The zero-order chi connectivity index (χ0) is 15.7. The number of likely N-dealkylation sites (tertiary alicyclic amines) is 1. The maximum absolute atomic E-state index is 11.9. The van der Waals surface area contributed by atoms with Crippen LogP contribution >= 0.6 is 0 Å². The van der Waals surface area contributed by atoms with Gasteiger partial charge >= 0.3 is 0 Å². The van der Waals surface area contributed by atoms with Gasteiger partial charge in [-0.05, 0) is 23.4 Å². The van der Waals surface area contributed by atoms with Crippen molar-refractivity contribution in [2.45, 2.75) is 19.6 Å². The first-order valence-electron chi connectivity index (χ1n) is 6.86. The van der Waals surface area contributed by atoms with Gasteiger partial charge in [0.1, 0.15) is 24.7 Å². The van der Waals surface area contributed by atoms with Gasteiger partial charge in [-0.3, -0.25) is 9.59 Å². The molecule has 3 heterocycles. The van der Waals surface area contributed by atoms with Crippen molar-refractivity contribution in [1.29, 1.82) is 0 Å². The first-order chi connectivity index (χ1) is 10.5. The Morgan fingerprint density at radius 2 is 2.18 bits per heavy atom. The number of carbonyl (C=O) groups excluding carboxylic acids is 1. The highest BCUT2D eigenvalue weighted by molar-refractivity contribution is 5.76. The van der Waals surface area contributed by atoms with Crippen molar-refractivity contribution in [2.24, 2.45) is 7.05 Å². The quantitative estimate of drug-likeness (QED) is 0.717. The summed E-state index contributed by atoms with van der Waals surface area (Å²) in [5.74, 6) is 0.477. The van der Waals surface area contributed by atoms with Gasteiger partial charge in [-0.2, -0.15) is 0 Å². The highest BCUT2D eigenvalue weighted by Crippen LogP contribution is 2.18. The monoisotopic (exact) mass is 304 g/mol. The molecule has 2 aromatic rings. The molecule has 1 aliphatic rings. The zero-order valence-electron chi connectivity index (χ0n) is 12.3. The Hall–Kier alpha value is -2.71. The minimum Gasteiger partial charge on any atom is -0.486 e. The molecule has 22 heavy (non-hydrogen) atoms. The van der Waals surface area contributed by atoms with E-state index in [0.717, 1.165) is 5.69 Å². The molecule has 9 heteroatoms. The number of ether oxygens (including phenoxy) is 1. The fraction of sp³-hybridized carbons (Fsp3) is 0.462. The number of carbonyl (C=O) groups is 1. The summed E-state index contributed by atoms with van der Waals surface area (Å²) in [6, 6.07) is 3.27. The van der Waals surface area contributed by atoms with Crippen LogP contribution in [0.25, 0.3) is 0 Å². The number of hydrogen-bond acceptors (Lipinski definition) is 6. The molecule has 0 spiro atoms. The molecule has 1 aliphatic heterocycles. The minimum absolute atomic E-state index is 0.0627. The molecule has 0 bridgehead atoms. The van der Waals surface area contributed by atoms with Gasteiger partial charge in [-0.15, -0.1) is 5.10 Å². The lowest BCUT2D eigenvalue weighted by atomic mass is 10.1. The average molecular weight is 304 g/mol. The van der Waals surface area contributed by atoms with Crippen molar-refractivity contribution < 1.29 is 9.53 Å². The van der Waals surface area contributed by atoms with E-state index in [1.807, 2.05) is 13.0 Å². The van der Waals surface area contributed by atoms with Crippen molar-refractivity contribution in [2.75, 3.05) is 13.1 Å². The molecule has 1 saturated heterocycles. The number of pyridine rings is 1. The molecule has 1 amide bonds. The van der Waals surface area contributed by atoms with Crippen LogP contribution < -0.4 is 10.3 Å². The number of nitrogens with zero attached hydrogens (tertiary/aromatic N) is 6. The second-order valence-corrected chi connectivity index (χ2v) is 5.28. The largest absolute Gasteiger partial charge is 0.486 e. The first kappa shape index (κ1) is 14.2. The molecular weight excluding hydrogens is 288 g/mol. The Kier molecular flexibility index (Phi) is 3.61. The topological polar surface area (TPSA) is 95.1 Å². The predicted molar refractivity (Wildman–Crippen MR) is 75.2 cm³/mol. The van der Waals surface area contributed by atoms with Crippen LogP contribution in [-0.2, 0) is 18.4 Å². The van der Waals surface area contributed by atoms with Crippen molar-refractivity contribution in [3.05, 3.63) is 34.5 Å². The lowest BCUT2D eigenvalue weighted by molar-refractivity contribution is -0.140. The van der Waals surface area contributed by atoms with Gasteiger partial charge in [0.25, 0.3) is 5.56 Å². The smallest absolute Gasteiger partial charge is 0.254 e. The van der Waals surface area contributed by atoms with E-state index < -0.39 is 0 Å². The Labute approximate surface area is 126 Å². The van der Waals surface area contributed by atoms with E-state index in [1.165, 1.54) is 17.1 Å². The zero-order valence-corrected chi connectivity index (χ0v) is 12.3. The van der Waals surface area contributed by atoms with E-state index in [9.17, 15) is 9.59 Å². The van der Waals surface area contributed by atoms with E-state index in [2.05, 4.69) is 15.5 Å². The summed E-state index contributed by atoms with van der Waals surface area (Å²) in [7, 11) is 1.71. The molecule has 116 valence electrons. The van der Waals surface area contributed by atoms with Crippen LogP contribution in [0.5, 0.6) is 5.75 Å². The van der Waals surface area contributed by atoms with Gasteiger partial charge in [0.05, 0.1) is 13.1 Å². The predicted octanol–water partition coefficient (Wildman–Crippen LogP) is -1.03. The standard InChI is InChI=1S/C13H16N6O3/c1-9-3-10(4-12(20)17(9)2)22-11-5-18(6-11)13(21)7-19-8-14-15-16-19/h3-4,8,11H,5-7H2,1-2H3. The Bertz CT molecular complexity index is 733. The minimum atomic E-state index is -0.110. The summed E-state index contributed by atoms with van der Waals surface area (Å²) in [5, 5.41) is 10.6. The third kappa shape index (κ3) is 2.83. The van der Waals surface area contributed by atoms with Crippen LogP contribution in [0, 0.1) is 6.92 Å². The molecule has 0 atom stereocenters. The number of rotatable bonds is 4. The molecule has 0 aromatic carbocycles. The summed E-state index contributed by atoms with van der Waals surface area (Å²) >= 11 is 0. The summed E-state index contributed by atoms with van der Waals surface area (Å²) in [4.78, 5) is 25.3. The Morgan fingerprint density at radius 1 is 1.41 bits per heavy atom. The first-order valence-corrected chi connectivity index (χ1v) is 6.86. The molecule has 0 unspecified atom stereocenters. The van der Waals surface area contributed by atoms with Gasteiger partial charge in [0, 0.05) is 18.8 Å². The third-order valence-corrected chi connectivity index (χ3v) is 3.67. The van der Waals surface area contributed by atoms with Crippen LogP contribution in [0.2, 0.25) is 0 Å². The number of amides is 1. The number of aromatic nitrogens is 5. The summed E-state index contributed by atoms with van der Waals surface area (Å²) in [5.41, 5.74) is 0.717. The Balaban J connectivity index is 1.53. The maximum atomic E-state index is 11.9. The van der Waals surface area contributed by atoms with Crippen LogP contribution in [0.3, 0.4) is 0 Å². The summed E-state index contributed by atoms with van der Waals surface area (Å²) < 4.78 is 8.66. The van der Waals surface area contributed by atoms with Gasteiger partial charge in [0.15, 0.2) is 0 Å². The molecule has 2 aromatic heterocycles. The van der Waals surface area contributed by atoms with E-state index >= 15 is 0 Å². The van der Waals surface area contributed by atoms with Crippen LogP contribution in [0.15, 0.2) is 23.3 Å². The maximum Gasteiger partial charge on any atom is 0.254 e. The molecule has 0 radical (unpaired) electrons. The molecule has 1 fully saturated rings. The van der Waals surface area contributed by atoms with E-state index in [1.54, 1.807) is 16.5 Å². The van der Waals surface area contributed by atoms with E-state index in [0.29, 0.717) is 18.8 Å². The number of aryl methyl sites for hydroxylation is 1. The summed E-state index contributed by atoms with van der Waals surface area (Å²) in [6.07, 6.45) is 1.30. The Morgan fingerprint density at radius 3 is 2.82 bits per heavy atom. The lowest BCUT2D eigenvalue weighted by Gasteiger charge is -2.38. The molecule has 0 aliphatic carbocycles. The van der Waals surface area contributed by atoms with Gasteiger partial charge in [-0.25, -0.2) is 4.68 Å². The van der Waals surface area contributed by atoms with Crippen molar-refractivity contribution in [3.8, 4) is 5.75 Å². The highest BCUT2D eigenvalue weighted by atomic mass is 16.5. The number of tetrazole rings is 1. The second-order valence-electron chi connectivity index (χ2n) is 5.28. The average Bonchev–Trinajstić information content (AvgIpc) is 2.92.